The maximum absolute atomic E-state index is 11.9. The molecule has 5 nitrogen and oxygen atoms in total. The fraction of sp³-hybridized carbons (Fsp3) is 0.462. The molecule has 0 aromatic heterocycles. The second kappa shape index (κ2) is 6.01. The van der Waals surface area contributed by atoms with E-state index in [4.69, 9.17) is 15.4 Å². The number of para-hydroxylation sites is 1. The van der Waals surface area contributed by atoms with Crippen LogP contribution < -0.4 is 4.74 Å². The van der Waals surface area contributed by atoms with Crippen LogP contribution in [0.2, 0.25) is 0 Å². The quantitative estimate of drug-likeness (QED) is 0.776. The van der Waals surface area contributed by atoms with Crippen LogP contribution in [-0.4, -0.2) is 37.6 Å². The molecule has 0 aliphatic carbocycles. The highest BCUT2D eigenvalue weighted by Gasteiger charge is 2.37. The van der Waals surface area contributed by atoms with Crippen LogP contribution in [0.15, 0.2) is 24.3 Å². The Labute approximate surface area is 122 Å². The molecule has 1 aromatic carbocycles. The van der Waals surface area contributed by atoms with Gasteiger partial charge < -0.3 is 9.64 Å². The standard InChI is InChI=1S/C13H16ClNO4S/c1-2-19-12-6-4-3-5-10(12)8-15-9-11(7-13(15)16)20(14,17)18/h3-6,11H,2,7-9H2,1H3. The largest absolute Gasteiger partial charge is 0.494 e. The van der Waals surface area contributed by atoms with Crippen LogP contribution in [0.25, 0.3) is 0 Å². The molecule has 1 aliphatic rings. The zero-order valence-electron chi connectivity index (χ0n) is 11.1. The Hall–Kier alpha value is -1.27. The van der Waals surface area contributed by atoms with Crippen LogP contribution in [0.4, 0.5) is 0 Å². The maximum atomic E-state index is 11.9. The number of amides is 1. The van der Waals surface area contributed by atoms with Gasteiger partial charge in [-0.05, 0) is 13.0 Å². The van der Waals surface area contributed by atoms with Crippen LogP contribution in [0.3, 0.4) is 0 Å². The number of carbonyl (C=O) groups excluding carboxylic acids is 1. The van der Waals surface area contributed by atoms with Crippen molar-refractivity contribution in [2.24, 2.45) is 0 Å². The van der Waals surface area contributed by atoms with Crippen molar-refractivity contribution in [3.8, 4) is 5.75 Å². The Bertz CT molecular complexity index is 602. The molecule has 0 saturated carbocycles. The number of benzene rings is 1. The Morgan fingerprint density at radius 3 is 2.70 bits per heavy atom. The second-order valence-electron chi connectivity index (χ2n) is 4.62. The number of hydrogen-bond acceptors (Lipinski definition) is 4. The maximum Gasteiger partial charge on any atom is 0.237 e. The van der Waals surface area contributed by atoms with Gasteiger partial charge in [0.05, 0.1) is 6.61 Å². The van der Waals surface area contributed by atoms with Crippen molar-refractivity contribution >= 4 is 25.6 Å². The number of carbonyl (C=O) groups is 1. The third kappa shape index (κ3) is 3.43. The molecular weight excluding hydrogens is 302 g/mol. The number of rotatable bonds is 5. The molecule has 2 rings (SSSR count). The molecule has 1 unspecified atom stereocenters. The van der Waals surface area contributed by atoms with E-state index in [1.54, 1.807) is 0 Å². The van der Waals surface area contributed by atoms with Gasteiger partial charge in [-0.15, -0.1) is 0 Å². The Balaban J connectivity index is 2.13. The Kier molecular flexibility index (Phi) is 4.55. The van der Waals surface area contributed by atoms with Crippen molar-refractivity contribution in [3.63, 3.8) is 0 Å². The van der Waals surface area contributed by atoms with Gasteiger partial charge in [0.2, 0.25) is 15.0 Å². The van der Waals surface area contributed by atoms with E-state index in [9.17, 15) is 13.2 Å². The predicted octanol–water partition coefficient (Wildman–Crippen LogP) is 1.75. The number of ether oxygens (including phenoxy) is 1. The lowest BCUT2D eigenvalue weighted by atomic mass is 10.2. The molecule has 0 radical (unpaired) electrons. The van der Waals surface area contributed by atoms with E-state index >= 15 is 0 Å². The molecule has 20 heavy (non-hydrogen) atoms. The average Bonchev–Trinajstić information content (AvgIpc) is 2.74. The topological polar surface area (TPSA) is 63.7 Å². The molecule has 0 spiro atoms. The van der Waals surface area contributed by atoms with Gasteiger partial charge in [-0.25, -0.2) is 8.42 Å². The minimum absolute atomic E-state index is 0.0529. The molecule has 0 bridgehead atoms. The number of likely N-dealkylation sites (tertiary alicyclic amines) is 1. The summed E-state index contributed by atoms with van der Waals surface area (Å²) in [5, 5.41) is -0.823. The van der Waals surface area contributed by atoms with Crippen molar-refractivity contribution in [1.82, 2.24) is 4.90 Å². The minimum atomic E-state index is -3.70. The van der Waals surface area contributed by atoms with Crippen LogP contribution in [-0.2, 0) is 20.4 Å². The number of nitrogens with zero attached hydrogens (tertiary/aromatic N) is 1. The van der Waals surface area contributed by atoms with E-state index in [0.29, 0.717) is 18.9 Å². The van der Waals surface area contributed by atoms with Crippen LogP contribution in [0, 0.1) is 0 Å². The van der Waals surface area contributed by atoms with E-state index < -0.39 is 14.3 Å². The van der Waals surface area contributed by atoms with Gasteiger partial charge in [0.1, 0.15) is 11.0 Å². The summed E-state index contributed by atoms with van der Waals surface area (Å²) in [6, 6.07) is 7.40. The monoisotopic (exact) mass is 317 g/mol. The lowest BCUT2D eigenvalue weighted by molar-refractivity contribution is -0.128. The summed E-state index contributed by atoms with van der Waals surface area (Å²) in [5.74, 6) is 0.505. The zero-order chi connectivity index (χ0) is 14.8. The van der Waals surface area contributed by atoms with Crippen molar-refractivity contribution in [3.05, 3.63) is 29.8 Å². The van der Waals surface area contributed by atoms with E-state index in [1.165, 1.54) is 4.90 Å². The van der Waals surface area contributed by atoms with Crippen molar-refractivity contribution < 1.29 is 17.9 Å². The normalized spacial score (nSPS) is 19.4. The first-order valence-corrected chi connectivity index (χ1v) is 8.71. The minimum Gasteiger partial charge on any atom is -0.494 e. The van der Waals surface area contributed by atoms with Gasteiger partial charge in [-0.1, -0.05) is 18.2 Å². The fourth-order valence-electron chi connectivity index (χ4n) is 2.21. The summed E-state index contributed by atoms with van der Waals surface area (Å²) < 4.78 is 28.1. The first-order chi connectivity index (χ1) is 9.41. The highest BCUT2D eigenvalue weighted by atomic mass is 35.7. The van der Waals surface area contributed by atoms with Gasteiger partial charge in [0.15, 0.2) is 0 Å². The summed E-state index contributed by atoms with van der Waals surface area (Å²) in [7, 11) is 1.62. The summed E-state index contributed by atoms with van der Waals surface area (Å²) >= 11 is 0. The Morgan fingerprint density at radius 1 is 1.40 bits per heavy atom. The SMILES string of the molecule is CCOc1ccccc1CN1CC(S(=O)(=O)Cl)CC1=O. The fourth-order valence-corrected chi connectivity index (χ4v) is 3.27. The highest BCUT2D eigenvalue weighted by Crippen LogP contribution is 2.26. The summed E-state index contributed by atoms with van der Waals surface area (Å²) in [6.07, 6.45) is -0.0529. The van der Waals surface area contributed by atoms with Crippen LogP contribution in [0.5, 0.6) is 5.75 Å². The molecular formula is C13H16ClNO4S. The molecule has 1 heterocycles. The lowest BCUT2D eigenvalue weighted by Crippen LogP contribution is -2.26. The third-order valence-corrected chi connectivity index (χ3v) is 5.08. The smallest absolute Gasteiger partial charge is 0.237 e. The van der Waals surface area contributed by atoms with Crippen molar-refractivity contribution in [2.45, 2.75) is 25.1 Å². The van der Waals surface area contributed by atoms with Gasteiger partial charge in [-0.3, -0.25) is 4.79 Å². The molecule has 1 amide bonds. The van der Waals surface area contributed by atoms with Gasteiger partial charge in [0, 0.05) is 35.8 Å². The molecule has 1 saturated heterocycles. The van der Waals surface area contributed by atoms with Gasteiger partial charge >= 0.3 is 0 Å². The van der Waals surface area contributed by atoms with Crippen LogP contribution >= 0.6 is 10.7 Å². The van der Waals surface area contributed by atoms with E-state index in [1.807, 2.05) is 31.2 Å². The summed E-state index contributed by atoms with van der Waals surface area (Å²) in [6.45, 7) is 2.88. The van der Waals surface area contributed by atoms with Gasteiger partial charge in [0.25, 0.3) is 0 Å². The average molecular weight is 318 g/mol. The summed E-state index contributed by atoms with van der Waals surface area (Å²) in [5.41, 5.74) is 0.857. The molecule has 1 fully saturated rings. The molecule has 0 N–H and O–H groups in total. The highest BCUT2D eigenvalue weighted by molar-refractivity contribution is 8.14. The first-order valence-electron chi connectivity index (χ1n) is 6.33. The van der Waals surface area contributed by atoms with Crippen molar-refractivity contribution in [1.29, 1.82) is 0 Å². The molecule has 1 aliphatic heterocycles. The van der Waals surface area contributed by atoms with Crippen LogP contribution in [0.1, 0.15) is 18.9 Å². The molecule has 1 aromatic rings. The molecule has 1 atom stereocenters. The number of halogens is 1. The van der Waals surface area contributed by atoms with E-state index in [2.05, 4.69) is 0 Å². The Morgan fingerprint density at radius 2 is 2.10 bits per heavy atom. The van der Waals surface area contributed by atoms with E-state index in [-0.39, 0.29) is 18.9 Å². The summed E-state index contributed by atoms with van der Waals surface area (Å²) in [4.78, 5) is 13.4. The number of hydrogen-bond donors (Lipinski definition) is 0. The van der Waals surface area contributed by atoms with Gasteiger partial charge in [-0.2, -0.15) is 0 Å². The van der Waals surface area contributed by atoms with Crippen molar-refractivity contribution in [2.75, 3.05) is 13.2 Å². The molecule has 110 valence electrons. The molecule has 7 heteroatoms. The second-order valence-corrected chi connectivity index (χ2v) is 7.52. The van der Waals surface area contributed by atoms with E-state index in [0.717, 1.165) is 5.56 Å². The third-order valence-electron chi connectivity index (χ3n) is 3.21. The first kappa shape index (κ1) is 15.1. The lowest BCUT2D eigenvalue weighted by Gasteiger charge is -2.18. The zero-order valence-corrected chi connectivity index (χ0v) is 12.7. The predicted molar refractivity (Wildman–Crippen MR) is 76.2 cm³/mol.